The number of ether oxygens (including phenoxy) is 1. The van der Waals surface area contributed by atoms with Crippen LogP contribution in [0.15, 0.2) is 4.99 Å². The molecule has 0 atom stereocenters. The lowest BCUT2D eigenvalue weighted by Crippen LogP contribution is -2.30. The second kappa shape index (κ2) is 3.80. The van der Waals surface area contributed by atoms with Gasteiger partial charge in [-0.1, -0.05) is 23.8 Å². The van der Waals surface area contributed by atoms with Gasteiger partial charge in [0.2, 0.25) is 5.90 Å². The van der Waals surface area contributed by atoms with E-state index in [2.05, 4.69) is 9.59 Å². The van der Waals surface area contributed by atoms with Crippen LogP contribution < -0.4 is 0 Å². The molecule has 0 unspecified atom stereocenters. The second-order valence-corrected chi connectivity index (χ2v) is 5.43. The molecule has 0 aromatic carbocycles. The van der Waals surface area contributed by atoms with Gasteiger partial charge in [-0.05, 0) is 31.3 Å². The van der Waals surface area contributed by atoms with Crippen molar-refractivity contribution in [2.45, 2.75) is 44.6 Å². The summed E-state index contributed by atoms with van der Waals surface area (Å²) in [6.45, 7) is 2.70. The summed E-state index contributed by atoms with van der Waals surface area (Å²) in [7, 11) is 0. The summed E-state index contributed by atoms with van der Waals surface area (Å²) in [6.07, 6.45) is 6.23. The Hall–Kier alpha value is -0.970. The van der Waals surface area contributed by atoms with Gasteiger partial charge < -0.3 is 4.74 Å². The number of nitrogens with zero attached hydrogens (tertiary/aromatic N) is 3. The maximum Gasteiger partial charge on any atom is 0.230 e. The highest BCUT2D eigenvalue weighted by molar-refractivity contribution is 7.08. The van der Waals surface area contributed by atoms with Crippen LogP contribution in [0.2, 0.25) is 0 Å². The molecule has 0 saturated heterocycles. The summed E-state index contributed by atoms with van der Waals surface area (Å²) in [5.74, 6) is 0.773. The van der Waals surface area contributed by atoms with Gasteiger partial charge in [0.15, 0.2) is 0 Å². The van der Waals surface area contributed by atoms with Gasteiger partial charge in [-0.15, -0.1) is 5.10 Å². The zero-order valence-electron chi connectivity index (χ0n) is 9.40. The van der Waals surface area contributed by atoms with Gasteiger partial charge in [0.1, 0.15) is 11.5 Å². The average molecular weight is 237 g/mol. The maximum absolute atomic E-state index is 5.75. The highest BCUT2D eigenvalue weighted by Crippen LogP contribution is 2.36. The molecule has 2 heterocycles. The van der Waals surface area contributed by atoms with Crippen LogP contribution in [0.1, 0.15) is 42.7 Å². The molecule has 1 aromatic heterocycles. The Morgan fingerprint density at radius 1 is 1.25 bits per heavy atom. The van der Waals surface area contributed by atoms with Crippen LogP contribution in [0.3, 0.4) is 0 Å². The van der Waals surface area contributed by atoms with Crippen LogP contribution >= 0.6 is 11.5 Å². The van der Waals surface area contributed by atoms with Gasteiger partial charge in [-0.25, -0.2) is 4.99 Å². The number of aliphatic imine (C=N–C) groups is 1. The third kappa shape index (κ3) is 1.63. The summed E-state index contributed by atoms with van der Waals surface area (Å²) >= 11 is 1.38. The van der Waals surface area contributed by atoms with Gasteiger partial charge in [-0.2, -0.15) is 0 Å². The van der Waals surface area contributed by atoms with Gasteiger partial charge in [-0.3, -0.25) is 0 Å². The van der Waals surface area contributed by atoms with Crippen LogP contribution in [0, 0.1) is 6.92 Å². The number of aromatic nitrogens is 2. The van der Waals surface area contributed by atoms with E-state index in [0.29, 0.717) is 0 Å². The van der Waals surface area contributed by atoms with E-state index in [0.717, 1.165) is 23.1 Å². The van der Waals surface area contributed by atoms with E-state index in [1.807, 2.05) is 6.92 Å². The Labute approximate surface area is 98.9 Å². The van der Waals surface area contributed by atoms with Crippen molar-refractivity contribution < 1.29 is 4.74 Å². The number of rotatable bonds is 1. The molecule has 2 aliphatic rings. The zero-order chi connectivity index (χ0) is 11.0. The second-order valence-electron chi connectivity index (χ2n) is 4.68. The first-order valence-electron chi connectivity index (χ1n) is 5.81. The van der Waals surface area contributed by atoms with Crippen molar-refractivity contribution in [3.05, 3.63) is 10.6 Å². The first-order chi connectivity index (χ1) is 7.79. The molecule has 1 spiro atoms. The fourth-order valence-electron chi connectivity index (χ4n) is 2.49. The zero-order valence-corrected chi connectivity index (χ0v) is 10.2. The van der Waals surface area contributed by atoms with Gasteiger partial charge in [0.25, 0.3) is 0 Å². The Bertz CT molecular complexity index is 421. The van der Waals surface area contributed by atoms with E-state index in [1.165, 1.54) is 43.6 Å². The fraction of sp³-hybridized carbons (Fsp3) is 0.727. The molecular formula is C11H15N3OS. The molecular weight excluding hydrogens is 222 g/mol. The van der Waals surface area contributed by atoms with Crippen LogP contribution in [-0.4, -0.2) is 27.6 Å². The molecule has 16 heavy (non-hydrogen) atoms. The topological polar surface area (TPSA) is 47.4 Å². The smallest absolute Gasteiger partial charge is 0.230 e. The fourth-order valence-corrected chi connectivity index (χ4v) is 3.09. The normalized spacial score (nSPS) is 23.2. The summed E-state index contributed by atoms with van der Waals surface area (Å²) in [4.78, 5) is 5.81. The minimum absolute atomic E-state index is 0.0734. The molecule has 5 heteroatoms. The molecule has 1 aliphatic carbocycles. The SMILES string of the molecule is Cc1nnsc1C1=NC2(CCCCC2)CO1. The molecule has 1 saturated carbocycles. The van der Waals surface area contributed by atoms with Crippen LogP contribution in [0.5, 0.6) is 0 Å². The molecule has 1 fully saturated rings. The summed E-state index contributed by atoms with van der Waals surface area (Å²) in [5.41, 5.74) is 1.00. The monoisotopic (exact) mass is 237 g/mol. The lowest BCUT2D eigenvalue weighted by molar-refractivity contribution is 0.207. The Morgan fingerprint density at radius 2 is 2.06 bits per heavy atom. The summed E-state index contributed by atoms with van der Waals surface area (Å²) in [5, 5.41) is 4.00. The van der Waals surface area contributed by atoms with Crippen molar-refractivity contribution in [1.29, 1.82) is 0 Å². The van der Waals surface area contributed by atoms with Crippen LogP contribution in [-0.2, 0) is 4.74 Å². The van der Waals surface area contributed by atoms with Crippen LogP contribution in [0.25, 0.3) is 0 Å². The van der Waals surface area contributed by atoms with Gasteiger partial charge in [0, 0.05) is 0 Å². The largest absolute Gasteiger partial charge is 0.474 e. The molecule has 0 N–H and O–H groups in total. The number of hydrogen-bond acceptors (Lipinski definition) is 5. The predicted molar refractivity (Wildman–Crippen MR) is 63.0 cm³/mol. The first-order valence-corrected chi connectivity index (χ1v) is 6.58. The van der Waals surface area contributed by atoms with Crippen molar-refractivity contribution >= 4 is 17.4 Å². The molecule has 1 aromatic rings. The van der Waals surface area contributed by atoms with E-state index < -0.39 is 0 Å². The minimum Gasteiger partial charge on any atom is -0.474 e. The van der Waals surface area contributed by atoms with Crippen LogP contribution in [0.4, 0.5) is 0 Å². The predicted octanol–water partition coefficient (Wildman–Crippen LogP) is 2.33. The van der Waals surface area contributed by atoms with E-state index in [4.69, 9.17) is 9.73 Å². The van der Waals surface area contributed by atoms with Crippen molar-refractivity contribution in [3.63, 3.8) is 0 Å². The van der Waals surface area contributed by atoms with Gasteiger partial charge >= 0.3 is 0 Å². The van der Waals surface area contributed by atoms with Crippen molar-refractivity contribution in [2.75, 3.05) is 6.61 Å². The number of hydrogen-bond donors (Lipinski definition) is 0. The van der Waals surface area contributed by atoms with E-state index >= 15 is 0 Å². The van der Waals surface area contributed by atoms with E-state index in [1.54, 1.807) is 0 Å². The highest BCUT2D eigenvalue weighted by atomic mass is 32.1. The highest BCUT2D eigenvalue weighted by Gasteiger charge is 2.38. The summed E-state index contributed by atoms with van der Waals surface area (Å²) < 4.78 is 9.68. The Kier molecular flexibility index (Phi) is 2.42. The molecule has 0 bridgehead atoms. The molecule has 3 rings (SSSR count). The Morgan fingerprint density at radius 3 is 2.75 bits per heavy atom. The third-order valence-corrected chi connectivity index (χ3v) is 4.26. The molecule has 4 nitrogen and oxygen atoms in total. The maximum atomic E-state index is 5.75. The van der Waals surface area contributed by atoms with E-state index in [9.17, 15) is 0 Å². The molecule has 86 valence electrons. The van der Waals surface area contributed by atoms with Crippen molar-refractivity contribution in [1.82, 2.24) is 9.59 Å². The first kappa shape index (κ1) is 10.2. The number of aryl methyl sites for hydroxylation is 1. The standard InChI is InChI=1S/C11H15N3OS/c1-8-9(16-14-13-8)10-12-11(7-15-10)5-3-2-4-6-11/h2-7H2,1H3. The third-order valence-electron chi connectivity index (χ3n) is 3.45. The lowest BCUT2D eigenvalue weighted by Gasteiger charge is -2.27. The quantitative estimate of drug-likeness (QED) is 0.753. The van der Waals surface area contributed by atoms with Gasteiger partial charge in [0.05, 0.1) is 11.2 Å². The molecule has 0 amide bonds. The Balaban J connectivity index is 1.88. The lowest BCUT2D eigenvalue weighted by atomic mass is 9.83. The van der Waals surface area contributed by atoms with Crippen molar-refractivity contribution in [3.8, 4) is 0 Å². The summed E-state index contributed by atoms with van der Waals surface area (Å²) in [6, 6.07) is 0. The van der Waals surface area contributed by atoms with E-state index in [-0.39, 0.29) is 5.54 Å². The molecule has 0 radical (unpaired) electrons. The minimum atomic E-state index is 0.0734. The van der Waals surface area contributed by atoms with Crippen molar-refractivity contribution in [2.24, 2.45) is 4.99 Å². The average Bonchev–Trinajstić information content (AvgIpc) is 2.87. The molecule has 1 aliphatic heterocycles.